The first kappa shape index (κ1) is 17.4. The maximum atomic E-state index is 12.1. The second kappa shape index (κ2) is 8.08. The van der Waals surface area contributed by atoms with Gasteiger partial charge >= 0.3 is 0 Å². The molecule has 0 aliphatic rings. The van der Waals surface area contributed by atoms with E-state index < -0.39 is 0 Å². The van der Waals surface area contributed by atoms with Crippen LogP contribution in [0.5, 0.6) is 11.5 Å². The van der Waals surface area contributed by atoms with Crippen molar-refractivity contribution < 1.29 is 14.3 Å². The highest BCUT2D eigenvalue weighted by Gasteiger charge is 2.12. The number of benzene rings is 2. The molecule has 7 heteroatoms. The Morgan fingerprint density at radius 3 is 2.39 bits per heavy atom. The Morgan fingerprint density at radius 2 is 1.78 bits per heavy atom. The van der Waals surface area contributed by atoms with E-state index in [1.165, 1.54) is 14.2 Å². The van der Waals surface area contributed by atoms with Gasteiger partial charge in [0.05, 0.1) is 31.5 Å². The fraction of sp³-hybridized carbons (Fsp3) is 0.188. The van der Waals surface area contributed by atoms with Crippen molar-refractivity contribution in [1.29, 1.82) is 0 Å². The van der Waals surface area contributed by atoms with Gasteiger partial charge in [-0.15, -0.1) is 0 Å². The van der Waals surface area contributed by atoms with Crippen LogP contribution in [0.3, 0.4) is 0 Å². The summed E-state index contributed by atoms with van der Waals surface area (Å²) in [6.45, 7) is 0.119. The highest BCUT2D eigenvalue weighted by molar-refractivity contribution is 9.10. The Kier molecular flexibility index (Phi) is 6.12. The predicted molar refractivity (Wildman–Crippen MR) is 95.8 cm³/mol. The summed E-state index contributed by atoms with van der Waals surface area (Å²) in [5.74, 6) is 0.741. The summed E-state index contributed by atoms with van der Waals surface area (Å²) in [7, 11) is 3.03. The lowest BCUT2D eigenvalue weighted by molar-refractivity contribution is -0.114. The van der Waals surface area contributed by atoms with Crippen molar-refractivity contribution in [3.63, 3.8) is 0 Å². The molecule has 2 N–H and O–H groups in total. The lowest BCUT2D eigenvalue weighted by Crippen LogP contribution is -2.22. The first-order valence-corrected chi connectivity index (χ1v) is 7.91. The lowest BCUT2D eigenvalue weighted by atomic mass is 10.2. The zero-order valence-corrected chi connectivity index (χ0v) is 15.0. The number of carbonyl (C=O) groups is 1. The fourth-order valence-corrected chi connectivity index (χ4v) is 2.41. The van der Waals surface area contributed by atoms with Crippen LogP contribution < -0.4 is 20.1 Å². The van der Waals surface area contributed by atoms with Crippen LogP contribution >= 0.6 is 27.5 Å². The second-order valence-electron chi connectivity index (χ2n) is 4.60. The van der Waals surface area contributed by atoms with Crippen LogP contribution in [0.15, 0.2) is 40.9 Å². The van der Waals surface area contributed by atoms with Gasteiger partial charge < -0.3 is 20.1 Å². The molecule has 0 saturated carbocycles. The molecule has 2 aromatic rings. The van der Waals surface area contributed by atoms with Gasteiger partial charge in [-0.05, 0) is 30.3 Å². The smallest absolute Gasteiger partial charge is 0.243 e. The van der Waals surface area contributed by atoms with E-state index in [-0.39, 0.29) is 12.5 Å². The second-order valence-corrected chi connectivity index (χ2v) is 5.92. The molecule has 0 aromatic heterocycles. The average Bonchev–Trinajstić information content (AvgIpc) is 2.54. The Morgan fingerprint density at radius 1 is 1.13 bits per heavy atom. The predicted octanol–water partition coefficient (Wildman–Crippen LogP) is 4.17. The van der Waals surface area contributed by atoms with Crippen molar-refractivity contribution in [2.45, 2.75) is 0 Å². The zero-order valence-electron chi connectivity index (χ0n) is 12.7. The number of halogens is 2. The number of methoxy groups -OCH3 is 2. The molecule has 0 aliphatic heterocycles. The topological polar surface area (TPSA) is 59.6 Å². The largest absolute Gasteiger partial charge is 0.495 e. The minimum absolute atomic E-state index is 0.119. The normalized spacial score (nSPS) is 10.1. The SMILES string of the molecule is COc1cc(OC)c(NC(=O)CNc2ccc(Br)cc2)cc1Cl. The Hall–Kier alpha value is -1.92. The van der Waals surface area contributed by atoms with Crippen LogP contribution in [-0.4, -0.2) is 26.7 Å². The van der Waals surface area contributed by atoms with Crippen molar-refractivity contribution in [2.24, 2.45) is 0 Å². The number of nitrogens with one attached hydrogen (secondary N) is 2. The highest BCUT2D eigenvalue weighted by atomic mass is 79.9. The van der Waals surface area contributed by atoms with Crippen LogP contribution in [0.2, 0.25) is 5.02 Å². The Balaban J connectivity index is 2.02. The van der Waals surface area contributed by atoms with Crippen LogP contribution in [0.25, 0.3) is 0 Å². The molecule has 0 saturated heterocycles. The summed E-state index contributed by atoms with van der Waals surface area (Å²) in [5, 5.41) is 6.19. The van der Waals surface area contributed by atoms with E-state index in [0.29, 0.717) is 22.2 Å². The van der Waals surface area contributed by atoms with Crippen molar-refractivity contribution in [1.82, 2.24) is 0 Å². The molecule has 0 spiro atoms. The van der Waals surface area contributed by atoms with Gasteiger partial charge in [0.25, 0.3) is 0 Å². The quantitative estimate of drug-likeness (QED) is 0.765. The average molecular weight is 400 g/mol. The third-order valence-electron chi connectivity index (χ3n) is 3.05. The van der Waals surface area contributed by atoms with Gasteiger partial charge in [0, 0.05) is 16.2 Å². The van der Waals surface area contributed by atoms with Crippen LogP contribution in [0.1, 0.15) is 0 Å². The van der Waals surface area contributed by atoms with E-state index in [2.05, 4.69) is 26.6 Å². The summed E-state index contributed by atoms with van der Waals surface area (Å²) in [6, 6.07) is 10.8. The summed E-state index contributed by atoms with van der Waals surface area (Å²) in [4.78, 5) is 12.1. The van der Waals surface area contributed by atoms with E-state index in [1.807, 2.05) is 24.3 Å². The molecule has 0 fully saturated rings. The monoisotopic (exact) mass is 398 g/mol. The van der Waals surface area contributed by atoms with Crippen LogP contribution in [0.4, 0.5) is 11.4 Å². The number of anilines is 2. The van der Waals surface area contributed by atoms with E-state index in [1.54, 1.807) is 12.1 Å². The number of amides is 1. The van der Waals surface area contributed by atoms with Crippen molar-refractivity contribution in [2.75, 3.05) is 31.4 Å². The van der Waals surface area contributed by atoms with E-state index in [0.717, 1.165) is 10.2 Å². The molecule has 122 valence electrons. The zero-order chi connectivity index (χ0) is 16.8. The molecule has 2 aromatic carbocycles. The maximum Gasteiger partial charge on any atom is 0.243 e. The molecule has 0 heterocycles. The minimum atomic E-state index is -0.215. The molecule has 0 atom stereocenters. The van der Waals surface area contributed by atoms with Crippen LogP contribution in [0, 0.1) is 0 Å². The summed E-state index contributed by atoms with van der Waals surface area (Å²) >= 11 is 9.44. The van der Waals surface area contributed by atoms with Gasteiger partial charge in [0.1, 0.15) is 11.5 Å². The molecular formula is C16H16BrClN2O3. The molecular weight excluding hydrogens is 384 g/mol. The molecule has 2 rings (SSSR count). The van der Waals surface area contributed by atoms with Gasteiger partial charge in [-0.1, -0.05) is 27.5 Å². The molecule has 0 radical (unpaired) electrons. The molecule has 1 amide bonds. The number of hydrogen-bond acceptors (Lipinski definition) is 4. The highest BCUT2D eigenvalue weighted by Crippen LogP contribution is 2.35. The molecule has 5 nitrogen and oxygen atoms in total. The molecule has 0 aliphatic carbocycles. The fourth-order valence-electron chi connectivity index (χ4n) is 1.90. The van der Waals surface area contributed by atoms with Crippen LogP contribution in [-0.2, 0) is 4.79 Å². The maximum absolute atomic E-state index is 12.1. The van der Waals surface area contributed by atoms with Gasteiger partial charge in [-0.2, -0.15) is 0 Å². The summed E-state index contributed by atoms with van der Waals surface area (Å²) in [6.07, 6.45) is 0. The van der Waals surface area contributed by atoms with E-state index in [9.17, 15) is 4.79 Å². The van der Waals surface area contributed by atoms with Gasteiger partial charge in [0.2, 0.25) is 5.91 Å². The number of rotatable bonds is 6. The van der Waals surface area contributed by atoms with E-state index >= 15 is 0 Å². The Bertz CT molecular complexity index is 692. The number of hydrogen-bond donors (Lipinski definition) is 2. The van der Waals surface area contributed by atoms with Gasteiger partial charge in [-0.3, -0.25) is 4.79 Å². The van der Waals surface area contributed by atoms with Gasteiger partial charge in [0.15, 0.2) is 0 Å². The lowest BCUT2D eigenvalue weighted by Gasteiger charge is -2.13. The summed E-state index contributed by atoms with van der Waals surface area (Å²) in [5.41, 5.74) is 1.34. The van der Waals surface area contributed by atoms with Crippen molar-refractivity contribution in [3.8, 4) is 11.5 Å². The van der Waals surface area contributed by atoms with Crippen molar-refractivity contribution in [3.05, 3.63) is 45.9 Å². The third-order valence-corrected chi connectivity index (χ3v) is 3.87. The molecule has 0 unspecified atom stereocenters. The third kappa shape index (κ3) is 4.77. The minimum Gasteiger partial charge on any atom is -0.495 e. The Labute approximate surface area is 148 Å². The van der Waals surface area contributed by atoms with Gasteiger partial charge in [-0.25, -0.2) is 0 Å². The molecule has 0 bridgehead atoms. The standard InChI is InChI=1S/C16H16BrClN2O3/c1-22-14-8-15(23-2)13(7-12(14)18)20-16(21)9-19-11-5-3-10(17)4-6-11/h3-8,19H,9H2,1-2H3,(H,20,21). The number of carbonyl (C=O) groups excluding carboxylic acids is 1. The summed E-state index contributed by atoms with van der Waals surface area (Å²) < 4.78 is 11.3. The first-order chi connectivity index (χ1) is 11.0. The van der Waals surface area contributed by atoms with Crippen molar-refractivity contribution >= 4 is 44.8 Å². The van der Waals surface area contributed by atoms with E-state index in [4.69, 9.17) is 21.1 Å². The number of ether oxygens (including phenoxy) is 2. The first-order valence-electron chi connectivity index (χ1n) is 6.74. The molecule has 23 heavy (non-hydrogen) atoms.